The van der Waals surface area contributed by atoms with Crippen molar-refractivity contribution in [1.29, 1.82) is 0 Å². The van der Waals surface area contributed by atoms with Crippen LogP contribution in [0.2, 0.25) is 5.02 Å². The summed E-state index contributed by atoms with van der Waals surface area (Å²) >= 11 is 6.23. The van der Waals surface area contributed by atoms with Gasteiger partial charge in [0.15, 0.2) is 0 Å². The van der Waals surface area contributed by atoms with Gasteiger partial charge in [0.05, 0.1) is 5.70 Å². The minimum atomic E-state index is -0.0293. The molecular weight excluding hydrogens is 322 g/mol. The van der Waals surface area contributed by atoms with Crippen LogP contribution in [0.25, 0.3) is 5.70 Å². The fourth-order valence-electron chi connectivity index (χ4n) is 3.70. The number of allylic oxidation sites excluding steroid dienone is 1. The predicted octanol–water partition coefficient (Wildman–Crippen LogP) is 3.70. The van der Waals surface area contributed by atoms with Crippen LogP contribution in [0.15, 0.2) is 54.1 Å². The van der Waals surface area contributed by atoms with Crippen LogP contribution in [0, 0.1) is 0 Å². The summed E-state index contributed by atoms with van der Waals surface area (Å²) in [7, 11) is 0. The standard InChI is InChI=1S/C18H14ClN5/c19-13-6-3-5-12(10-13)17-15-9-8-11-4-1-2-7-14(11)16(15)20-18-21-22-23-24(17)18/h1-7,10,17H,8-9H2,(H,20,21,23). The van der Waals surface area contributed by atoms with Crippen molar-refractivity contribution >= 4 is 23.2 Å². The lowest BCUT2D eigenvalue weighted by Gasteiger charge is -2.33. The van der Waals surface area contributed by atoms with Crippen molar-refractivity contribution in [3.63, 3.8) is 0 Å². The highest BCUT2D eigenvalue weighted by atomic mass is 35.5. The van der Waals surface area contributed by atoms with Crippen LogP contribution in [0.4, 0.5) is 5.95 Å². The molecule has 1 aliphatic heterocycles. The summed E-state index contributed by atoms with van der Waals surface area (Å²) in [5.41, 5.74) is 6.12. The number of aryl methyl sites for hydroxylation is 1. The van der Waals surface area contributed by atoms with Gasteiger partial charge in [0, 0.05) is 10.6 Å². The maximum Gasteiger partial charge on any atom is 0.248 e. The molecule has 5 nitrogen and oxygen atoms in total. The van der Waals surface area contributed by atoms with Crippen molar-refractivity contribution in [1.82, 2.24) is 20.2 Å². The summed E-state index contributed by atoms with van der Waals surface area (Å²) in [6.45, 7) is 0. The van der Waals surface area contributed by atoms with E-state index < -0.39 is 0 Å². The molecule has 6 heteroatoms. The highest BCUT2D eigenvalue weighted by Gasteiger charge is 2.34. The van der Waals surface area contributed by atoms with E-state index in [9.17, 15) is 0 Å². The molecule has 2 aliphatic rings. The van der Waals surface area contributed by atoms with E-state index in [0.717, 1.165) is 29.1 Å². The highest BCUT2D eigenvalue weighted by Crippen LogP contribution is 2.43. The van der Waals surface area contributed by atoms with Gasteiger partial charge in [0.1, 0.15) is 6.04 Å². The molecule has 0 spiro atoms. The van der Waals surface area contributed by atoms with Crippen molar-refractivity contribution in [2.24, 2.45) is 0 Å². The fourth-order valence-corrected chi connectivity index (χ4v) is 3.90. The first-order chi connectivity index (χ1) is 11.8. The van der Waals surface area contributed by atoms with E-state index in [1.165, 1.54) is 16.7 Å². The van der Waals surface area contributed by atoms with Crippen LogP contribution in [-0.4, -0.2) is 20.2 Å². The molecule has 0 bridgehead atoms. The molecule has 1 atom stereocenters. The summed E-state index contributed by atoms with van der Waals surface area (Å²) in [6, 6.07) is 16.4. The Morgan fingerprint density at radius 2 is 2.00 bits per heavy atom. The summed E-state index contributed by atoms with van der Waals surface area (Å²) in [4.78, 5) is 0. The first-order valence-electron chi connectivity index (χ1n) is 7.93. The molecule has 0 amide bonds. The molecular formula is C18H14ClN5. The Hall–Kier alpha value is -2.66. The molecule has 1 N–H and O–H groups in total. The average Bonchev–Trinajstić information content (AvgIpc) is 3.07. The minimum Gasteiger partial charge on any atom is -0.322 e. The lowest BCUT2D eigenvalue weighted by atomic mass is 9.83. The Balaban J connectivity index is 1.75. The number of rotatable bonds is 1. The Morgan fingerprint density at radius 3 is 2.92 bits per heavy atom. The second-order valence-electron chi connectivity index (χ2n) is 6.09. The Morgan fingerprint density at radius 1 is 1.08 bits per heavy atom. The maximum absolute atomic E-state index is 6.23. The van der Waals surface area contributed by atoms with E-state index in [4.69, 9.17) is 11.6 Å². The number of aromatic nitrogens is 4. The number of halogens is 1. The topological polar surface area (TPSA) is 55.6 Å². The molecule has 5 rings (SSSR count). The van der Waals surface area contributed by atoms with Gasteiger partial charge in [-0.05, 0) is 52.1 Å². The van der Waals surface area contributed by atoms with Gasteiger partial charge >= 0.3 is 0 Å². The third-order valence-corrected chi connectivity index (χ3v) is 4.98. The third kappa shape index (κ3) is 1.98. The molecule has 2 aromatic carbocycles. The van der Waals surface area contributed by atoms with Crippen LogP contribution in [-0.2, 0) is 6.42 Å². The van der Waals surface area contributed by atoms with E-state index in [0.29, 0.717) is 5.95 Å². The largest absolute Gasteiger partial charge is 0.322 e. The molecule has 0 saturated heterocycles. The smallest absolute Gasteiger partial charge is 0.248 e. The van der Waals surface area contributed by atoms with Gasteiger partial charge in [0.25, 0.3) is 0 Å². The number of hydrogen-bond donors (Lipinski definition) is 1. The van der Waals surface area contributed by atoms with E-state index >= 15 is 0 Å². The summed E-state index contributed by atoms with van der Waals surface area (Å²) < 4.78 is 1.85. The quantitative estimate of drug-likeness (QED) is 0.736. The lowest BCUT2D eigenvalue weighted by molar-refractivity contribution is 0.544. The average molecular weight is 336 g/mol. The van der Waals surface area contributed by atoms with Crippen LogP contribution in [0.5, 0.6) is 0 Å². The van der Waals surface area contributed by atoms with Gasteiger partial charge < -0.3 is 5.32 Å². The van der Waals surface area contributed by atoms with Crippen LogP contribution >= 0.6 is 11.6 Å². The zero-order valence-electron chi connectivity index (χ0n) is 12.8. The van der Waals surface area contributed by atoms with Crippen molar-refractivity contribution in [2.45, 2.75) is 18.9 Å². The summed E-state index contributed by atoms with van der Waals surface area (Å²) in [5, 5.41) is 16.4. The molecule has 0 radical (unpaired) electrons. The third-order valence-electron chi connectivity index (χ3n) is 4.74. The number of tetrazole rings is 1. The zero-order valence-corrected chi connectivity index (χ0v) is 13.5. The number of hydrogen-bond acceptors (Lipinski definition) is 4. The molecule has 2 heterocycles. The number of anilines is 1. The van der Waals surface area contributed by atoms with Crippen molar-refractivity contribution < 1.29 is 0 Å². The molecule has 0 fully saturated rings. The second-order valence-corrected chi connectivity index (χ2v) is 6.52. The predicted molar refractivity (Wildman–Crippen MR) is 92.7 cm³/mol. The summed E-state index contributed by atoms with van der Waals surface area (Å²) in [6.07, 6.45) is 1.99. The number of benzene rings is 2. The molecule has 0 saturated carbocycles. The highest BCUT2D eigenvalue weighted by molar-refractivity contribution is 6.30. The molecule has 1 unspecified atom stereocenters. The van der Waals surface area contributed by atoms with Crippen LogP contribution < -0.4 is 5.32 Å². The van der Waals surface area contributed by atoms with Crippen molar-refractivity contribution in [3.05, 3.63) is 75.8 Å². The number of fused-ring (bicyclic) bond motifs is 3. The first kappa shape index (κ1) is 13.7. The van der Waals surface area contributed by atoms with Gasteiger partial charge in [-0.25, -0.2) is 0 Å². The summed E-state index contributed by atoms with van der Waals surface area (Å²) in [5.74, 6) is 0.662. The molecule has 3 aromatic rings. The van der Waals surface area contributed by atoms with E-state index in [-0.39, 0.29) is 6.04 Å². The Kier molecular flexibility index (Phi) is 2.97. The SMILES string of the molecule is Clc1cccc(C2C3=C(Nc4nnnn42)c2ccccc2CC3)c1. The monoisotopic (exact) mass is 335 g/mol. The molecule has 1 aliphatic carbocycles. The van der Waals surface area contributed by atoms with Crippen LogP contribution in [0.3, 0.4) is 0 Å². The first-order valence-corrected chi connectivity index (χ1v) is 8.31. The second kappa shape index (κ2) is 5.18. The van der Waals surface area contributed by atoms with Crippen molar-refractivity contribution in [3.8, 4) is 0 Å². The zero-order chi connectivity index (χ0) is 16.1. The van der Waals surface area contributed by atoms with Gasteiger partial charge in [-0.3, -0.25) is 0 Å². The minimum absolute atomic E-state index is 0.0293. The Labute approximate surface area is 144 Å². The number of nitrogens with zero attached hydrogens (tertiary/aromatic N) is 4. The Bertz CT molecular complexity index is 975. The van der Waals surface area contributed by atoms with E-state index in [1.807, 2.05) is 22.9 Å². The fraction of sp³-hybridized carbons (Fsp3) is 0.167. The van der Waals surface area contributed by atoms with Gasteiger partial charge in [-0.1, -0.05) is 53.1 Å². The van der Waals surface area contributed by atoms with Gasteiger partial charge in [-0.2, -0.15) is 4.68 Å². The molecule has 24 heavy (non-hydrogen) atoms. The number of nitrogens with one attached hydrogen (secondary N) is 1. The van der Waals surface area contributed by atoms with Crippen LogP contribution in [0.1, 0.15) is 29.2 Å². The maximum atomic E-state index is 6.23. The van der Waals surface area contributed by atoms with Crippen molar-refractivity contribution in [2.75, 3.05) is 5.32 Å². The molecule has 118 valence electrons. The van der Waals surface area contributed by atoms with E-state index in [2.05, 4.69) is 51.2 Å². The normalized spacial score (nSPS) is 18.5. The lowest BCUT2D eigenvalue weighted by Crippen LogP contribution is -2.27. The van der Waals surface area contributed by atoms with Gasteiger partial charge in [0.2, 0.25) is 5.95 Å². The van der Waals surface area contributed by atoms with E-state index in [1.54, 1.807) is 0 Å². The van der Waals surface area contributed by atoms with Gasteiger partial charge in [-0.15, -0.1) is 0 Å². The molecule has 1 aromatic heterocycles.